The molecule has 4 rings (SSSR count). The number of ketones is 1. The van der Waals surface area contributed by atoms with Gasteiger partial charge in [0.25, 0.3) is 5.91 Å². The average molecular weight is 449 g/mol. The predicted octanol–water partition coefficient (Wildman–Crippen LogP) is 5.74. The summed E-state index contributed by atoms with van der Waals surface area (Å²) >= 11 is 3.36. The highest BCUT2D eigenvalue weighted by atomic mass is 79.9. The minimum atomic E-state index is -0.383. The van der Waals surface area contributed by atoms with Crippen LogP contribution in [0, 0.1) is 0 Å². The molecule has 2 N–H and O–H groups in total. The van der Waals surface area contributed by atoms with Crippen molar-refractivity contribution in [3.8, 4) is 0 Å². The van der Waals surface area contributed by atoms with Gasteiger partial charge in [0.05, 0.1) is 12.2 Å². The summed E-state index contributed by atoms with van der Waals surface area (Å²) in [4.78, 5) is 25.4. The predicted molar refractivity (Wildman–Crippen MR) is 118 cm³/mol. The van der Waals surface area contributed by atoms with Gasteiger partial charge in [-0.25, -0.2) is 0 Å². The Morgan fingerprint density at radius 2 is 1.55 bits per heavy atom. The molecule has 0 saturated carbocycles. The van der Waals surface area contributed by atoms with Gasteiger partial charge in [-0.05, 0) is 36.4 Å². The SMILES string of the molecule is O=C(CNc1c(C(=O)Nc2ccccc2)oc2ccccc12)c1ccc(Br)cc1. The smallest absolute Gasteiger partial charge is 0.293 e. The fourth-order valence-electron chi connectivity index (χ4n) is 3.00. The maximum absolute atomic E-state index is 12.8. The topological polar surface area (TPSA) is 71.3 Å². The summed E-state index contributed by atoms with van der Waals surface area (Å²) in [5.41, 5.74) is 2.32. The number of benzene rings is 3. The zero-order valence-corrected chi connectivity index (χ0v) is 16.9. The van der Waals surface area contributed by atoms with Crippen molar-refractivity contribution in [2.75, 3.05) is 17.2 Å². The maximum Gasteiger partial charge on any atom is 0.293 e. The number of nitrogens with one attached hydrogen (secondary N) is 2. The van der Waals surface area contributed by atoms with E-state index in [-0.39, 0.29) is 24.0 Å². The van der Waals surface area contributed by atoms with Gasteiger partial charge in [0, 0.05) is 21.1 Å². The molecule has 1 amide bonds. The number of anilines is 2. The Bertz CT molecular complexity index is 1170. The lowest BCUT2D eigenvalue weighted by Crippen LogP contribution is -2.17. The largest absolute Gasteiger partial charge is 0.449 e. The van der Waals surface area contributed by atoms with Gasteiger partial charge in [0.15, 0.2) is 5.78 Å². The van der Waals surface area contributed by atoms with Crippen LogP contribution < -0.4 is 10.6 Å². The number of para-hydroxylation sites is 2. The van der Waals surface area contributed by atoms with Crippen molar-refractivity contribution in [1.82, 2.24) is 0 Å². The summed E-state index contributed by atoms with van der Waals surface area (Å²) < 4.78 is 6.70. The molecule has 0 unspecified atom stereocenters. The van der Waals surface area contributed by atoms with E-state index in [1.807, 2.05) is 48.5 Å². The zero-order valence-electron chi connectivity index (χ0n) is 15.3. The van der Waals surface area contributed by atoms with Crippen molar-refractivity contribution >= 4 is 50.0 Å². The molecule has 0 aliphatic carbocycles. The molecule has 5 nitrogen and oxygen atoms in total. The van der Waals surface area contributed by atoms with Crippen molar-refractivity contribution in [3.63, 3.8) is 0 Å². The van der Waals surface area contributed by atoms with Crippen molar-refractivity contribution in [3.05, 3.63) is 94.7 Å². The number of fused-ring (bicyclic) bond motifs is 1. The van der Waals surface area contributed by atoms with Gasteiger partial charge in [0.1, 0.15) is 5.58 Å². The molecule has 1 aromatic heterocycles. The highest BCUT2D eigenvalue weighted by Gasteiger charge is 2.21. The maximum atomic E-state index is 12.8. The third-order valence-electron chi connectivity index (χ3n) is 4.43. The van der Waals surface area contributed by atoms with Crippen molar-refractivity contribution < 1.29 is 14.0 Å². The minimum absolute atomic E-state index is 0.0385. The normalized spacial score (nSPS) is 10.7. The number of halogens is 1. The third kappa shape index (κ3) is 4.22. The lowest BCUT2D eigenvalue weighted by Gasteiger charge is -2.08. The molecule has 3 aromatic carbocycles. The van der Waals surface area contributed by atoms with Crippen LogP contribution in [0.1, 0.15) is 20.9 Å². The van der Waals surface area contributed by atoms with Gasteiger partial charge in [-0.1, -0.05) is 58.4 Å². The van der Waals surface area contributed by atoms with E-state index in [0.29, 0.717) is 22.5 Å². The molecule has 4 aromatic rings. The summed E-state index contributed by atoms with van der Waals surface area (Å²) in [6.07, 6.45) is 0. The molecule has 0 aliphatic heterocycles. The first-order chi connectivity index (χ1) is 14.1. The third-order valence-corrected chi connectivity index (χ3v) is 4.95. The van der Waals surface area contributed by atoms with Gasteiger partial charge in [-0.15, -0.1) is 0 Å². The molecule has 0 aliphatic rings. The molecule has 0 radical (unpaired) electrons. The Kier molecular flexibility index (Phi) is 5.44. The van der Waals surface area contributed by atoms with Gasteiger partial charge in [-0.3, -0.25) is 9.59 Å². The van der Waals surface area contributed by atoms with E-state index in [4.69, 9.17) is 4.42 Å². The van der Waals surface area contributed by atoms with Crippen LogP contribution in [0.3, 0.4) is 0 Å². The van der Waals surface area contributed by atoms with Gasteiger partial charge < -0.3 is 15.1 Å². The van der Waals surface area contributed by atoms with Crippen molar-refractivity contribution in [2.45, 2.75) is 0 Å². The first-order valence-corrected chi connectivity index (χ1v) is 9.81. The molecule has 0 atom stereocenters. The van der Waals surface area contributed by atoms with E-state index < -0.39 is 0 Å². The zero-order chi connectivity index (χ0) is 20.2. The summed E-state index contributed by atoms with van der Waals surface area (Å²) in [5.74, 6) is -0.332. The number of furan rings is 1. The van der Waals surface area contributed by atoms with Gasteiger partial charge >= 0.3 is 0 Å². The number of hydrogen-bond acceptors (Lipinski definition) is 4. The van der Waals surface area contributed by atoms with Crippen LogP contribution in [-0.2, 0) is 0 Å². The molecular formula is C23H17BrN2O3. The van der Waals surface area contributed by atoms with E-state index in [9.17, 15) is 9.59 Å². The first-order valence-electron chi connectivity index (χ1n) is 9.02. The number of amides is 1. The van der Waals surface area contributed by atoms with Gasteiger partial charge in [-0.2, -0.15) is 0 Å². The second-order valence-corrected chi connectivity index (χ2v) is 7.32. The molecule has 0 saturated heterocycles. The first kappa shape index (κ1) is 19.0. The highest BCUT2D eigenvalue weighted by Crippen LogP contribution is 2.31. The molecule has 0 spiro atoms. The number of Topliss-reactive ketones (excluding diaryl/α,β-unsaturated/α-hetero) is 1. The molecule has 0 fully saturated rings. The molecular weight excluding hydrogens is 432 g/mol. The van der Waals surface area contributed by atoms with Gasteiger partial charge in [0.2, 0.25) is 5.76 Å². The minimum Gasteiger partial charge on any atom is -0.449 e. The van der Waals surface area contributed by atoms with Crippen molar-refractivity contribution in [1.29, 1.82) is 0 Å². The average Bonchev–Trinajstić information content (AvgIpc) is 3.12. The Morgan fingerprint density at radius 1 is 0.862 bits per heavy atom. The number of hydrogen-bond donors (Lipinski definition) is 2. The Hall–Kier alpha value is -3.38. The molecule has 29 heavy (non-hydrogen) atoms. The standard InChI is InChI=1S/C23H17BrN2O3/c24-16-12-10-15(11-13-16)19(27)14-25-21-18-8-4-5-9-20(18)29-22(21)23(28)26-17-6-2-1-3-7-17/h1-13,25H,14H2,(H,26,28). The number of carbonyl (C=O) groups excluding carboxylic acids is 2. The van der Waals surface area contributed by atoms with E-state index in [1.54, 1.807) is 30.3 Å². The number of carbonyl (C=O) groups is 2. The monoisotopic (exact) mass is 448 g/mol. The van der Waals surface area contributed by atoms with E-state index in [2.05, 4.69) is 26.6 Å². The van der Waals surface area contributed by atoms with E-state index in [0.717, 1.165) is 9.86 Å². The van der Waals surface area contributed by atoms with Crippen LogP contribution in [0.4, 0.5) is 11.4 Å². The lowest BCUT2D eigenvalue weighted by atomic mass is 10.1. The highest BCUT2D eigenvalue weighted by molar-refractivity contribution is 9.10. The second-order valence-electron chi connectivity index (χ2n) is 6.41. The van der Waals surface area contributed by atoms with Crippen LogP contribution in [0.15, 0.2) is 87.8 Å². The molecule has 0 bridgehead atoms. The molecule has 6 heteroatoms. The number of rotatable bonds is 6. The van der Waals surface area contributed by atoms with Crippen LogP contribution in [0.2, 0.25) is 0 Å². The summed E-state index contributed by atoms with van der Waals surface area (Å²) in [7, 11) is 0. The summed E-state index contributed by atoms with van der Waals surface area (Å²) in [6.45, 7) is 0.0385. The summed E-state index contributed by atoms with van der Waals surface area (Å²) in [5, 5.41) is 6.67. The quantitative estimate of drug-likeness (QED) is 0.368. The lowest BCUT2D eigenvalue weighted by molar-refractivity contribution is 0.0991. The Morgan fingerprint density at radius 3 is 2.31 bits per heavy atom. The summed E-state index contributed by atoms with van der Waals surface area (Å²) in [6, 6.07) is 23.6. The van der Waals surface area contributed by atoms with Crippen LogP contribution in [0.25, 0.3) is 11.0 Å². The van der Waals surface area contributed by atoms with E-state index >= 15 is 0 Å². The van der Waals surface area contributed by atoms with Crippen molar-refractivity contribution in [2.24, 2.45) is 0 Å². The second kappa shape index (κ2) is 8.32. The van der Waals surface area contributed by atoms with Crippen LogP contribution in [-0.4, -0.2) is 18.2 Å². The Balaban J connectivity index is 1.60. The Labute approximate surface area is 175 Å². The molecule has 144 valence electrons. The fourth-order valence-corrected chi connectivity index (χ4v) is 3.26. The fraction of sp³-hybridized carbons (Fsp3) is 0.0435. The molecule has 1 heterocycles. The van der Waals surface area contributed by atoms with E-state index in [1.165, 1.54) is 0 Å². The van der Waals surface area contributed by atoms with Crippen LogP contribution in [0.5, 0.6) is 0 Å². The van der Waals surface area contributed by atoms with Crippen LogP contribution >= 0.6 is 15.9 Å².